The maximum atomic E-state index is 13.0. The van der Waals surface area contributed by atoms with E-state index in [0.717, 1.165) is 4.31 Å². The SMILES string of the molecule is COc1ccc(C)cc1S(=O)(=O)N(CC(=O)O)[C@@H]1CCS(=O)(=O)C1. The van der Waals surface area contributed by atoms with Crippen molar-refractivity contribution >= 4 is 25.8 Å². The maximum absolute atomic E-state index is 13.0. The highest BCUT2D eigenvalue weighted by atomic mass is 32.2. The summed E-state index contributed by atoms with van der Waals surface area (Å²) in [5, 5.41) is 9.08. The lowest BCUT2D eigenvalue weighted by Gasteiger charge is -2.26. The van der Waals surface area contributed by atoms with Crippen LogP contribution in [0.3, 0.4) is 0 Å². The number of carbonyl (C=O) groups is 1. The zero-order valence-electron chi connectivity index (χ0n) is 13.3. The van der Waals surface area contributed by atoms with Gasteiger partial charge in [0.2, 0.25) is 10.0 Å². The molecule has 0 aromatic heterocycles. The molecular formula is C14H19NO7S2. The molecule has 0 amide bonds. The number of methoxy groups -OCH3 is 1. The maximum Gasteiger partial charge on any atom is 0.318 e. The summed E-state index contributed by atoms with van der Waals surface area (Å²) in [5.41, 5.74) is 0.656. The summed E-state index contributed by atoms with van der Waals surface area (Å²) in [6.45, 7) is 0.889. The summed E-state index contributed by atoms with van der Waals surface area (Å²) in [5.74, 6) is -1.81. The highest BCUT2D eigenvalue weighted by molar-refractivity contribution is 7.92. The average Bonchev–Trinajstić information content (AvgIpc) is 2.84. The minimum Gasteiger partial charge on any atom is -0.495 e. The highest BCUT2D eigenvalue weighted by Gasteiger charge is 2.40. The number of aryl methyl sites for hydroxylation is 1. The fourth-order valence-electron chi connectivity index (χ4n) is 2.66. The van der Waals surface area contributed by atoms with Crippen LogP contribution in [0.5, 0.6) is 5.75 Å². The number of carboxylic acid groups (broad SMARTS) is 1. The van der Waals surface area contributed by atoms with Gasteiger partial charge < -0.3 is 9.84 Å². The molecule has 0 spiro atoms. The summed E-state index contributed by atoms with van der Waals surface area (Å²) >= 11 is 0. The lowest BCUT2D eigenvalue weighted by molar-refractivity contribution is -0.137. The summed E-state index contributed by atoms with van der Waals surface area (Å²) < 4.78 is 55.1. The van der Waals surface area contributed by atoms with Crippen molar-refractivity contribution < 1.29 is 31.5 Å². The Kier molecular flexibility index (Phi) is 5.21. The van der Waals surface area contributed by atoms with Crippen LogP contribution in [0.1, 0.15) is 12.0 Å². The van der Waals surface area contributed by atoms with E-state index in [1.807, 2.05) is 0 Å². The Morgan fingerprint density at radius 1 is 1.42 bits per heavy atom. The van der Waals surface area contributed by atoms with Gasteiger partial charge in [-0.3, -0.25) is 4.79 Å². The Balaban J connectivity index is 2.52. The van der Waals surface area contributed by atoms with E-state index in [2.05, 4.69) is 0 Å². The van der Waals surface area contributed by atoms with Crippen molar-refractivity contribution in [2.75, 3.05) is 25.2 Å². The van der Waals surface area contributed by atoms with Crippen LogP contribution in [0.4, 0.5) is 0 Å². The Hall–Kier alpha value is -1.65. The van der Waals surface area contributed by atoms with Gasteiger partial charge in [0.1, 0.15) is 17.2 Å². The lowest BCUT2D eigenvalue weighted by Crippen LogP contribution is -2.44. The number of carboxylic acids is 1. The minimum absolute atomic E-state index is 0.0724. The first kappa shape index (κ1) is 18.7. The molecule has 8 nitrogen and oxygen atoms in total. The molecule has 0 unspecified atom stereocenters. The van der Waals surface area contributed by atoms with E-state index >= 15 is 0 Å². The van der Waals surface area contributed by atoms with E-state index in [1.165, 1.54) is 19.2 Å². The van der Waals surface area contributed by atoms with Gasteiger partial charge in [-0.15, -0.1) is 0 Å². The molecule has 10 heteroatoms. The van der Waals surface area contributed by atoms with Crippen LogP contribution in [0.15, 0.2) is 23.1 Å². The third kappa shape index (κ3) is 3.87. The number of sulfonamides is 1. The molecule has 1 aromatic carbocycles. The van der Waals surface area contributed by atoms with Crippen LogP contribution < -0.4 is 4.74 Å². The van der Waals surface area contributed by atoms with Crippen LogP contribution in [0.2, 0.25) is 0 Å². The van der Waals surface area contributed by atoms with Gasteiger partial charge in [0.15, 0.2) is 9.84 Å². The zero-order valence-corrected chi connectivity index (χ0v) is 14.9. The number of benzene rings is 1. The van der Waals surface area contributed by atoms with Crippen LogP contribution in [0.25, 0.3) is 0 Å². The van der Waals surface area contributed by atoms with Crippen molar-refractivity contribution in [3.8, 4) is 5.75 Å². The van der Waals surface area contributed by atoms with Crippen LogP contribution in [0, 0.1) is 6.92 Å². The number of aliphatic carboxylic acids is 1. The number of rotatable bonds is 6. The van der Waals surface area contributed by atoms with Gasteiger partial charge in [-0.2, -0.15) is 4.31 Å². The van der Waals surface area contributed by atoms with Crippen LogP contribution in [-0.4, -0.2) is 63.4 Å². The molecule has 0 radical (unpaired) electrons. The third-order valence-electron chi connectivity index (χ3n) is 3.81. The van der Waals surface area contributed by atoms with E-state index in [4.69, 9.17) is 9.84 Å². The molecule has 1 aromatic rings. The zero-order chi connectivity index (χ0) is 18.1. The molecule has 1 fully saturated rings. The largest absolute Gasteiger partial charge is 0.495 e. The van der Waals surface area contributed by atoms with Crippen LogP contribution >= 0.6 is 0 Å². The van der Waals surface area contributed by atoms with Gasteiger partial charge in [0.05, 0.1) is 18.6 Å². The minimum atomic E-state index is -4.23. The molecule has 0 aliphatic carbocycles. The van der Waals surface area contributed by atoms with Crippen molar-refractivity contribution in [2.24, 2.45) is 0 Å². The summed E-state index contributed by atoms with van der Waals surface area (Å²) in [7, 11) is -6.29. The molecule has 0 saturated carbocycles. The smallest absolute Gasteiger partial charge is 0.318 e. The number of hydrogen-bond acceptors (Lipinski definition) is 6. The number of ether oxygens (including phenoxy) is 1. The van der Waals surface area contributed by atoms with Gasteiger partial charge in [-0.05, 0) is 31.0 Å². The lowest BCUT2D eigenvalue weighted by atomic mass is 10.2. The van der Waals surface area contributed by atoms with E-state index in [1.54, 1.807) is 13.0 Å². The summed E-state index contributed by atoms with van der Waals surface area (Å²) in [4.78, 5) is 11.0. The Morgan fingerprint density at radius 3 is 2.58 bits per heavy atom. The Bertz CT molecular complexity index is 846. The molecule has 1 heterocycles. The third-order valence-corrected chi connectivity index (χ3v) is 7.48. The van der Waals surface area contributed by atoms with Crippen LogP contribution in [-0.2, 0) is 24.7 Å². The molecule has 2 rings (SSSR count). The monoisotopic (exact) mass is 377 g/mol. The van der Waals surface area contributed by atoms with Gasteiger partial charge in [-0.25, -0.2) is 16.8 Å². The van der Waals surface area contributed by atoms with Gasteiger partial charge in [-0.1, -0.05) is 6.07 Å². The molecule has 0 bridgehead atoms. The molecule has 1 N–H and O–H groups in total. The second-order valence-electron chi connectivity index (χ2n) is 5.66. The topological polar surface area (TPSA) is 118 Å². The molecule has 24 heavy (non-hydrogen) atoms. The standard InChI is InChI=1S/C14H19NO7S2/c1-10-3-4-12(22-2)13(7-10)24(20,21)15(8-14(16)17)11-5-6-23(18,19)9-11/h3-4,7,11H,5-6,8-9H2,1-2H3,(H,16,17)/t11-/m1/s1. The predicted molar refractivity (Wildman–Crippen MR) is 86.3 cm³/mol. The number of nitrogens with zero attached hydrogens (tertiary/aromatic N) is 1. The second kappa shape index (κ2) is 6.69. The molecule has 1 aliphatic rings. The van der Waals surface area contributed by atoms with E-state index in [9.17, 15) is 21.6 Å². The van der Waals surface area contributed by atoms with Crippen molar-refractivity contribution in [3.63, 3.8) is 0 Å². The molecule has 1 atom stereocenters. The van der Waals surface area contributed by atoms with Gasteiger partial charge >= 0.3 is 5.97 Å². The average molecular weight is 377 g/mol. The Morgan fingerprint density at radius 2 is 2.08 bits per heavy atom. The Labute approximate surface area is 141 Å². The molecule has 1 saturated heterocycles. The normalized spacial score (nSPS) is 20.2. The van der Waals surface area contributed by atoms with E-state index in [-0.39, 0.29) is 28.6 Å². The first-order chi connectivity index (χ1) is 11.1. The number of hydrogen-bond donors (Lipinski definition) is 1. The molecule has 1 aliphatic heterocycles. The van der Waals surface area contributed by atoms with E-state index < -0.39 is 38.4 Å². The predicted octanol–water partition coefficient (Wildman–Crippen LogP) is 0.266. The first-order valence-electron chi connectivity index (χ1n) is 7.15. The van der Waals surface area contributed by atoms with Crippen molar-refractivity contribution in [1.29, 1.82) is 0 Å². The second-order valence-corrected chi connectivity index (χ2v) is 9.74. The fourth-order valence-corrected chi connectivity index (χ4v) is 6.33. The van der Waals surface area contributed by atoms with Crippen molar-refractivity contribution in [1.82, 2.24) is 4.31 Å². The number of sulfone groups is 1. The molecular weight excluding hydrogens is 358 g/mol. The molecule has 134 valence electrons. The van der Waals surface area contributed by atoms with Gasteiger partial charge in [0, 0.05) is 6.04 Å². The first-order valence-corrected chi connectivity index (χ1v) is 10.4. The summed E-state index contributed by atoms with van der Waals surface area (Å²) in [6.07, 6.45) is 0.0724. The van der Waals surface area contributed by atoms with E-state index in [0.29, 0.717) is 5.56 Å². The highest BCUT2D eigenvalue weighted by Crippen LogP contribution is 2.31. The summed E-state index contributed by atoms with van der Waals surface area (Å²) in [6, 6.07) is 3.62. The quantitative estimate of drug-likeness (QED) is 0.756. The fraction of sp³-hybridized carbons (Fsp3) is 0.500. The van der Waals surface area contributed by atoms with Crippen molar-refractivity contribution in [3.05, 3.63) is 23.8 Å². The van der Waals surface area contributed by atoms with Gasteiger partial charge in [0.25, 0.3) is 0 Å². The van der Waals surface area contributed by atoms with Crippen molar-refractivity contribution in [2.45, 2.75) is 24.3 Å².